The van der Waals surface area contributed by atoms with Gasteiger partial charge in [0.2, 0.25) is 11.7 Å². The quantitative estimate of drug-likeness (QED) is 0.577. The van der Waals surface area contributed by atoms with Crippen molar-refractivity contribution in [1.82, 2.24) is 25.2 Å². The Morgan fingerprint density at radius 1 is 1.28 bits per heavy atom. The third-order valence-corrected chi connectivity index (χ3v) is 4.66. The molecule has 1 aromatic carbocycles. The Hall–Kier alpha value is -3.75. The summed E-state index contributed by atoms with van der Waals surface area (Å²) in [5.74, 6) is 0.501. The fraction of sp³-hybridized carbons (Fsp3) is 0.250. The molecule has 1 aliphatic rings. The zero-order valence-electron chi connectivity index (χ0n) is 16.2. The zero-order chi connectivity index (χ0) is 20.4. The monoisotopic (exact) mass is 391 g/mol. The highest BCUT2D eigenvalue weighted by atomic mass is 16.2. The molecular weight excluding hydrogens is 370 g/mol. The van der Waals surface area contributed by atoms with Gasteiger partial charge in [-0.05, 0) is 30.7 Å². The van der Waals surface area contributed by atoms with E-state index >= 15 is 0 Å². The lowest BCUT2D eigenvalue weighted by molar-refractivity contribution is 0.105. The van der Waals surface area contributed by atoms with Crippen molar-refractivity contribution in [2.75, 3.05) is 32.0 Å². The maximum absolute atomic E-state index is 13.3. The van der Waals surface area contributed by atoms with Crippen molar-refractivity contribution in [3.8, 4) is 11.1 Å². The minimum Gasteiger partial charge on any atom is -0.355 e. The first-order valence-electron chi connectivity index (χ1n) is 9.36. The molecule has 0 spiro atoms. The predicted octanol–water partition coefficient (Wildman–Crippen LogP) is 2.29. The minimum atomic E-state index is -0.369. The summed E-state index contributed by atoms with van der Waals surface area (Å²) in [5.41, 5.74) is 3.25. The second-order valence-electron chi connectivity index (χ2n) is 6.69. The summed E-state index contributed by atoms with van der Waals surface area (Å²) in [5, 5.41) is 5.31. The summed E-state index contributed by atoms with van der Waals surface area (Å²) in [6.07, 6.45) is 3.42. The molecule has 3 heterocycles. The van der Waals surface area contributed by atoms with Crippen LogP contribution < -0.4 is 10.6 Å². The smallest absolute Gasteiger partial charge is 0.321 e. The van der Waals surface area contributed by atoms with Crippen LogP contribution in [0.4, 0.5) is 10.7 Å². The lowest BCUT2D eigenvalue weighted by Crippen LogP contribution is -2.30. The standard InChI is InChI=1S/C20H21N7O2/c1-3-22-20(29)26-19-24-15-10-13(12-5-4-6-21-11-12)9-14(16(15)25-19)17(28)18-23-7-8-27(18)2/h4-6,9-11H,3,7-8H2,1-2H3,(H3,22,24,25,26,29). The van der Waals surface area contributed by atoms with Gasteiger partial charge in [0, 0.05) is 38.1 Å². The largest absolute Gasteiger partial charge is 0.355 e. The van der Waals surface area contributed by atoms with E-state index in [1.165, 1.54) is 0 Å². The van der Waals surface area contributed by atoms with Crippen molar-refractivity contribution < 1.29 is 9.59 Å². The van der Waals surface area contributed by atoms with Gasteiger partial charge in [-0.2, -0.15) is 0 Å². The first kappa shape index (κ1) is 18.6. The highest BCUT2D eigenvalue weighted by Crippen LogP contribution is 2.28. The van der Waals surface area contributed by atoms with E-state index in [1.807, 2.05) is 43.1 Å². The molecule has 0 bridgehead atoms. The minimum absolute atomic E-state index is 0.186. The molecule has 9 heteroatoms. The second kappa shape index (κ2) is 7.70. The average Bonchev–Trinajstić information content (AvgIpc) is 3.32. The Morgan fingerprint density at radius 2 is 2.14 bits per heavy atom. The lowest BCUT2D eigenvalue weighted by Gasteiger charge is -2.13. The predicted molar refractivity (Wildman–Crippen MR) is 111 cm³/mol. The molecular formula is C20H21N7O2. The Kier molecular flexibility index (Phi) is 4.94. The molecule has 0 unspecified atom stereocenters. The van der Waals surface area contributed by atoms with Crippen molar-refractivity contribution in [3.63, 3.8) is 0 Å². The van der Waals surface area contributed by atoms with Crippen LogP contribution in [0.2, 0.25) is 0 Å². The molecule has 0 radical (unpaired) electrons. The first-order valence-corrected chi connectivity index (χ1v) is 9.36. The fourth-order valence-corrected chi connectivity index (χ4v) is 3.26. The number of amidine groups is 1. The summed E-state index contributed by atoms with van der Waals surface area (Å²) in [7, 11) is 1.85. The van der Waals surface area contributed by atoms with Crippen LogP contribution in [-0.2, 0) is 0 Å². The molecule has 0 saturated heterocycles. The number of hydrogen-bond donors (Lipinski definition) is 3. The fourth-order valence-electron chi connectivity index (χ4n) is 3.26. The van der Waals surface area contributed by atoms with Gasteiger partial charge in [-0.15, -0.1) is 0 Å². The van der Waals surface area contributed by atoms with Crippen LogP contribution in [0.5, 0.6) is 0 Å². The number of imidazole rings is 1. The molecule has 29 heavy (non-hydrogen) atoms. The van der Waals surface area contributed by atoms with Crippen LogP contribution in [0.15, 0.2) is 41.7 Å². The van der Waals surface area contributed by atoms with Crippen LogP contribution in [-0.4, -0.2) is 64.2 Å². The van der Waals surface area contributed by atoms with E-state index in [4.69, 9.17) is 0 Å². The summed E-state index contributed by atoms with van der Waals surface area (Å²) in [6, 6.07) is 7.06. The molecule has 3 aromatic rings. The SMILES string of the molecule is CCNC(=O)Nc1nc2cc(-c3cccnc3)cc(C(=O)C3=NCCN3C)c2[nH]1. The molecule has 0 aliphatic carbocycles. The van der Waals surface area contributed by atoms with Crippen molar-refractivity contribution >= 4 is 34.6 Å². The highest BCUT2D eigenvalue weighted by molar-refractivity contribution is 6.47. The molecule has 148 valence electrons. The molecule has 2 amide bonds. The van der Waals surface area contributed by atoms with Crippen molar-refractivity contribution in [3.05, 3.63) is 42.2 Å². The average molecular weight is 391 g/mol. The summed E-state index contributed by atoms with van der Waals surface area (Å²) >= 11 is 0. The van der Waals surface area contributed by atoms with E-state index in [-0.39, 0.29) is 17.8 Å². The van der Waals surface area contributed by atoms with E-state index in [1.54, 1.807) is 12.4 Å². The van der Waals surface area contributed by atoms with E-state index in [9.17, 15) is 9.59 Å². The maximum atomic E-state index is 13.3. The number of H-pyrrole nitrogens is 1. The number of nitrogens with one attached hydrogen (secondary N) is 3. The number of urea groups is 1. The van der Waals surface area contributed by atoms with E-state index in [2.05, 4.69) is 30.6 Å². The van der Waals surface area contributed by atoms with Gasteiger partial charge in [0.25, 0.3) is 0 Å². The number of aromatic nitrogens is 3. The van der Waals surface area contributed by atoms with Crippen LogP contribution >= 0.6 is 0 Å². The number of benzene rings is 1. The van der Waals surface area contributed by atoms with E-state index < -0.39 is 0 Å². The third kappa shape index (κ3) is 3.66. The number of nitrogens with zero attached hydrogens (tertiary/aromatic N) is 4. The molecule has 0 saturated carbocycles. The number of pyridine rings is 1. The number of Topliss-reactive ketones (excluding diaryl/α,β-unsaturated/α-hetero) is 1. The molecule has 0 fully saturated rings. The molecule has 9 nitrogen and oxygen atoms in total. The van der Waals surface area contributed by atoms with Gasteiger partial charge >= 0.3 is 6.03 Å². The summed E-state index contributed by atoms with van der Waals surface area (Å²) in [4.78, 5) is 43.0. The normalized spacial score (nSPS) is 13.4. The van der Waals surface area contributed by atoms with Crippen LogP contribution in [0, 0.1) is 0 Å². The van der Waals surface area contributed by atoms with Gasteiger partial charge in [-0.3, -0.25) is 20.1 Å². The number of ketones is 1. The number of likely N-dealkylation sites (N-methyl/N-ethyl adjacent to an activating group) is 1. The zero-order valence-corrected chi connectivity index (χ0v) is 16.2. The highest BCUT2D eigenvalue weighted by Gasteiger charge is 2.25. The Morgan fingerprint density at radius 3 is 2.83 bits per heavy atom. The molecule has 0 atom stereocenters. The number of amides is 2. The number of carbonyl (C=O) groups excluding carboxylic acids is 2. The van der Waals surface area contributed by atoms with Gasteiger partial charge in [0.15, 0.2) is 5.84 Å². The van der Waals surface area contributed by atoms with Gasteiger partial charge in [0.05, 0.1) is 23.1 Å². The number of aliphatic imine (C=N–C) groups is 1. The second-order valence-corrected chi connectivity index (χ2v) is 6.69. The summed E-state index contributed by atoms with van der Waals surface area (Å²) < 4.78 is 0. The number of rotatable bonds is 5. The maximum Gasteiger partial charge on any atom is 0.321 e. The lowest BCUT2D eigenvalue weighted by atomic mass is 10.00. The number of carbonyl (C=O) groups is 2. The van der Waals surface area contributed by atoms with Crippen LogP contribution in [0.25, 0.3) is 22.2 Å². The topological polar surface area (TPSA) is 115 Å². The Bertz CT molecular complexity index is 1100. The number of anilines is 1. The number of fused-ring (bicyclic) bond motifs is 1. The molecule has 1 aliphatic heterocycles. The molecule has 4 rings (SSSR count). The van der Waals surface area contributed by atoms with Gasteiger partial charge in [-0.1, -0.05) is 6.07 Å². The van der Waals surface area contributed by atoms with Crippen molar-refractivity contribution in [2.45, 2.75) is 6.92 Å². The van der Waals surface area contributed by atoms with E-state index in [0.29, 0.717) is 42.1 Å². The third-order valence-electron chi connectivity index (χ3n) is 4.66. The first-order chi connectivity index (χ1) is 14.1. The van der Waals surface area contributed by atoms with Crippen molar-refractivity contribution in [2.24, 2.45) is 4.99 Å². The number of hydrogen-bond acceptors (Lipinski definition) is 6. The van der Waals surface area contributed by atoms with Crippen molar-refractivity contribution in [1.29, 1.82) is 0 Å². The summed E-state index contributed by atoms with van der Waals surface area (Å²) in [6.45, 7) is 3.62. The van der Waals surface area contributed by atoms with Gasteiger partial charge in [0.1, 0.15) is 0 Å². The Labute approximate surface area is 167 Å². The Balaban J connectivity index is 1.83. The van der Waals surface area contributed by atoms with Crippen LogP contribution in [0.1, 0.15) is 17.3 Å². The number of aromatic amines is 1. The molecule has 2 aromatic heterocycles. The van der Waals surface area contributed by atoms with Crippen LogP contribution in [0.3, 0.4) is 0 Å². The van der Waals surface area contributed by atoms with Gasteiger partial charge < -0.3 is 15.2 Å². The van der Waals surface area contributed by atoms with Gasteiger partial charge in [-0.25, -0.2) is 9.78 Å². The van der Waals surface area contributed by atoms with E-state index in [0.717, 1.165) is 11.1 Å². The molecule has 3 N–H and O–H groups in total.